The minimum Gasteiger partial charge on any atom is -0.393 e. The van der Waals surface area contributed by atoms with Gasteiger partial charge in [-0.1, -0.05) is 287 Å². The lowest BCUT2D eigenvalue weighted by molar-refractivity contribution is -0.126. The number of allylic oxidation sites excluding steroid dienone is 40. The summed E-state index contributed by atoms with van der Waals surface area (Å²) in [4.78, 5) is 24.5. The van der Waals surface area contributed by atoms with Crippen LogP contribution >= 0.6 is 0 Å². The van der Waals surface area contributed by atoms with Crippen LogP contribution in [-0.4, -0.2) is 56.4 Å². The van der Waals surface area contributed by atoms with E-state index in [1.54, 1.807) is 13.8 Å². The number of carbonyl (C=O) groups excluding carboxylic acids is 2. The minimum atomic E-state index is -0.907. The van der Waals surface area contributed by atoms with Gasteiger partial charge in [-0.2, -0.15) is 0 Å². The summed E-state index contributed by atoms with van der Waals surface area (Å²) in [5, 5.41) is 40.2. The van der Waals surface area contributed by atoms with E-state index in [-0.39, 0.29) is 45.4 Å². The van der Waals surface area contributed by atoms with Crippen LogP contribution in [0.3, 0.4) is 0 Å². The first-order valence-corrected chi connectivity index (χ1v) is 30.8. The van der Waals surface area contributed by atoms with Crippen molar-refractivity contribution in [2.75, 3.05) is 0 Å². The number of carbonyl (C=O) groups is 2. The Morgan fingerprint density at radius 1 is 0.407 bits per heavy atom. The van der Waals surface area contributed by atoms with Gasteiger partial charge in [0, 0.05) is 5.92 Å². The van der Waals surface area contributed by atoms with E-state index in [0.29, 0.717) is 29.9 Å². The predicted molar refractivity (Wildman–Crippen MR) is 369 cm³/mol. The van der Waals surface area contributed by atoms with Crippen LogP contribution in [0.2, 0.25) is 0 Å². The molecule has 86 heavy (non-hydrogen) atoms. The Labute approximate surface area is 521 Å². The number of hydrogen-bond donors (Lipinski definition) is 4. The molecule has 6 nitrogen and oxygen atoms in total. The number of aliphatic hydroxyl groups is 4. The molecule has 464 valence electrons. The Hall–Kier alpha value is -6.54. The summed E-state index contributed by atoms with van der Waals surface area (Å²) in [7, 11) is 0. The fourth-order valence-electron chi connectivity index (χ4n) is 11.8. The molecule has 6 heteroatoms. The maximum absolute atomic E-state index is 12.2. The fraction of sp³-hybridized carbons (Fsp3) is 0.425. The van der Waals surface area contributed by atoms with E-state index in [1.807, 2.05) is 80.7 Å². The smallest absolute Gasteiger partial charge is 0.187 e. The predicted octanol–water partition coefficient (Wildman–Crippen LogP) is 19.3. The molecule has 0 saturated carbocycles. The van der Waals surface area contributed by atoms with Gasteiger partial charge in [-0.25, -0.2) is 0 Å². The zero-order chi connectivity index (χ0) is 64.7. The number of hydrogen-bond acceptors (Lipinski definition) is 6. The van der Waals surface area contributed by atoms with Crippen molar-refractivity contribution in [3.63, 3.8) is 0 Å². The molecule has 0 bridgehead atoms. The summed E-state index contributed by atoms with van der Waals surface area (Å²) >= 11 is 0. The molecule has 0 radical (unpaired) electrons. The van der Waals surface area contributed by atoms with Crippen molar-refractivity contribution >= 4 is 11.6 Å². The van der Waals surface area contributed by atoms with Crippen LogP contribution in [0, 0.1) is 27.6 Å². The topological polar surface area (TPSA) is 115 Å². The van der Waals surface area contributed by atoms with Gasteiger partial charge in [0.05, 0.1) is 12.2 Å². The molecule has 4 N–H and O–H groups in total. The van der Waals surface area contributed by atoms with Crippen molar-refractivity contribution in [1.82, 2.24) is 0 Å². The highest BCUT2D eigenvalue weighted by Gasteiger charge is 2.38. The van der Waals surface area contributed by atoms with Crippen LogP contribution in [0.15, 0.2) is 260 Å². The normalized spacial score (nSPS) is 25.5. The average molecular weight is 1170 g/mol. The summed E-state index contributed by atoms with van der Waals surface area (Å²) in [6, 6.07) is 0. The second kappa shape index (κ2) is 34.1. The maximum Gasteiger partial charge on any atom is 0.187 e. The monoisotopic (exact) mass is 1160 g/mol. The molecular formula is C80H108O6. The van der Waals surface area contributed by atoms with E-state index in [9.17, 15) is 30.0 Å². The maximum atomic E-state index is 12.2. The Balaban J connectivity index is 0.000000451. The van der Waals surface area contributed by atoms with Crippen molar-refractivity contribution in [2.24, 2.45) is 27.6 Å². The van der Waals surface area contributed by atoms with Crippen molar-refractivity contribution in [1.29, 1.82) is 0 Å². The average Bonchev–Trinajstić information content (AvgIpc) is 1.13. The van der Waals surface area contributed by atoms with E-state index in [1.165, 1.54) is 39.0 Å². The molecule has 4 aliphatic rings. The summed E-state index contributed by atoms with van der Waals surface area (Å²) in [5.41, 5.74) is 15.9. The third-order valence-electron chi connectivity index (χ3n) is 16.6. The minimum absolute atomic E-state index is 0.00528. The van der Waals surface area contributed by atoms with Gasteiger partial charge >= 0.3 is 0 Å². The highest BCUT2D eigenvalue weighted by atomic mass is 16.3. The Morgan fingerprint density at radius 2 is 0.709 bits per heavy atom. The molecule has 5 atom stereocenters. The van der Waals surface area contributed by atoms with E-state index in [2.05, 4.69) is 220 Å². The highest BCUT2D eigenvalue weighted by Crippen LogP contribution is 2.44. The van der Waals surface area contributed by atoms with Crippen LogP contribution < -0.4 is 0 Å². The molecule has 0 amide bonds. The molecule has 0 spiro atoms. The third kappa shape index (κ3) is 24.7. The van der Waals surface area contributed by atoms with Gasteiger partial charge in [0.1, 0.15) is 12.2 Å². The lowest BCUT2D eigenvalue weighted by Crippen LogP contribution is -2.35. The molecule has 0 saturated heterocycles. The molecule has 0 heterocycles. The number of ketones is 2. The first-order chi connectivity index (χ1) is 40.1. The fourth-order valence-corrected chi connectivity index (χ4v) is 11.8. The van der Waals surface area contributed by atoms with Gasteiger partial charge in [0.25, 0.3) is 0 Å². The van der Waals surface area contributed by atoms with E-state index in [0.717, 1.165) is 52.7 Å². The van der Waals surface area contributed by atoms with Gasteiger partial charge in [0.15, 0.2) is 11.6 Å². The summed E-state index contributed by atoms with van der Waals surface area (Å²) in [6.07, 6.45) is 61.3. The molecule has 0 aromatic heterocycles. The molecular weight excluding hydrogens is 1060 g/mol. The number of Topliss-reactive ketones (excluding diaryl/α,β-unsaturated/α-hetero) is 2. The second-order valence-corrected chi connectivity index (χ2v) is 27.2. The second-order valence-electron chi connectivity index (χ2n) is 27.2. The van der Waals surface area contributed by atoms with Crippen LogP contribution in [-0.2, 0) is 9.59 Å². The van der Waals surface area contributed by atoms with Crippen molar-refractivity contribution in [3.05, 3.63) is 260 Å². The summed E-state index contributed by atoms with van der Waals surface area (Å²) in [6.45, 7) is 41.6. The van der Waals surface area contributed by atoms with E-state index >= 15 is 0 Å². The number of rotatable bonds is 20. The molecule has 0 aromatic carbocycles. The van der Waals surface area contributed by atoms with Gasteiger partial charge in [0.2, 0.25) is 0 Å². The molecule has 0 aromatic rings. The molecule has 4 rings (SSSR count). The molecule has 0 fully saturated rings. The van der Waals surface area contributed by atoms with Gasteiger partial charge in [-0.15, -0.1) is 0 Å². The van der Waals surface area contributed by atoms with Crippen LogP contribution in [0.1, 0.15) is 171 Å². The quantitative estimate of drug-likeness (QED) is 0.0713. The van der Waals surface area contributed by atoms with Crippen LogP contribution in [0.5, 0.6) is 0 Å². The molecule has 0 unspecified atom stereocenters. The Morgan fingerprint density at radius 3 is 1.05 bits per heavy atom. The Bertz CT molecular complexity index is 3040. The van der Waals surface area contributed by atoms with Gasteiger partial charge in [-0.05, 0) is 165 Å². The Kier molecular flexibility index (Phi) is 29.2. The largest absolute Gasteiger partial charge is 0.393 e. The zero-order valence-electron chi connectivity index (χ0n) is 56.3. The number of aliphatic hydroxyl groups excluding tert-OH is 4. The summed E-state index contributed by atoms with van der Waals surface area (Å²) < 4.78 is 0. The van der Waals surface area contributed by atoms with Crippen molar-refractivity contribution in [2.45, 2.75) is 195 Å². The van der Waals surface area contributed by atoms with E-state index in [4.69, 9.17) is 0 Å². The lowest BCUT2D eigenvalue weighted by Gasteiger charge is -2.38. The third-order valence-corrected chi connectivity index (χ3v) is 16.6. The van der Waals surface area contributed by atoms with Crippen molar-refractivity contribution < 1.29 is 30.0 Å². The van der Waals surface area contributed by atoms with Crippen molar-refractivity contribution in [3.8, 4) is 0 Å². The SMILES string of the molecule is CC1=C(/C=C/C(C)=C/C=C/C(C)=C/C=C/C=C(C)/C=C/C=C(C)/C=C/C2=C(C)C(=O)[C@@H](O)CC2(C)C)C(C)(C)C[C@H](O)C1=O.CC1=C[C@H](O)CC(C)(C)[C@H]1/C=C/C(C)=C/C=C/C(C)=C/C=C/C=C(C)/C=C/C=C(C)/C=C/C1=C(C)C[C@@H](O)CC1(C)C. The van der Waals surface area contributed by atoms with E-state index < -0.39 is 12.2 Å². The van der Waals surface area contributed by atoms with Crippen LogP contribution in [0.4, 0.5) is 0 Å². The lowest BCUT2D eigenvalue weighted by atomic mass is 9.67. The summed E-state index contributed by atoms with van der Waals surface area (Å²) in [5.74, 6) is -0.00159. The first kappa shape index (κ1) is 73.7. The standard InChI is InChI=1S/C40H52O4.C40H56O2/c1-27(17-13-19-29(3)21-23-33-31(5)37(43)35(41)25-39(33,7)8)15-11-12-16-28(2)18-14-20-30(4)22-24-34-32(6)38(44)36(42)26-40(34,9)10;1-29(17-13-19-31(3)21-23-37-33(5)25-35(41)27-39(37,7)8)15-11-12-16-30(2)18-14-20-32(4)22-24-38-34(6)26-36(42)28-40(38,9)10/h11-24,35-36,41-42H,25-26H2,1-10H3;11-25,35-37,41-42H,26-28H2,1-10H3/b12-11+,17-13+,18-14+,23-21+,24-22+,27-15+,28-16+,29-19+,30-20+;12-11+,17-13+,18-14+,23-21+,24-22+,29-15+,30-16+,31-19+,32-20+/t35-,36-;35-,36+,37-/m00/s1. The molecule has 0 aliphatic heterocycles. The molecule has 4 aliphatic carbocycles. The van der Waals surface area contributed by atoms with Crippen LogP contribution in [0.25, 0.3) is 0 Å². The van der Waals surface area contributed by atoms with Gasteiger partial charge < -0.3 is 20.4 Å². The highest BCUT2D eigenvalue weighted by molar-refractivity contribution is 6.01. The van der Waals surface area contributed by atoms with Gasteiger partial charge in [-0.3, -0.25) is 9.59 Å². The zero-order valence-corrected chi connectivity index (χ0v) is 56.3. The first-order valence-electron chi connectivity index (χ1n) is 30.8.